The molecule has 60 valence electrons. The van der Waals surface area contributed by atoms with E-state index in [-0.39, 0.29) is 41.4 Å². The molecule has 0 spiro atoms. The Bertz CT molecular complexity index is 113. The van der Waals surface area contributed by atoms with Gasteiger partial charge in [0.05, 0.1) is 0 Å². The number of carbonyl (C=O) groups is 1. The molecule has 2 nitrogen and oxygen atoms in total. The van der Waals surface area contributed by atoms with Gasteiger partial charge in [-0.15, -0.1) is 0 Å². The van der Waals surface area contributed by atoms with Crippen LogP contribution < -0.4 is 34.7 Å². The van der Waals surface area contributed by atoms with Crippen molar-refractivity contribution in [3.8, 4) is 0 Å². The summed E-state index contributed by atoms with van der Waals surface area (Å²) in [6.45, 7) is 5.81. The quantitative estimate of drug-likeness (QED) is 0.445. The van der Waals surface area contributed by atoms with Crippen molar-refractivity contribution >= 4 is 5.97 Å². The van der Waals surface area contributed by atoms with Gasteiger partial charge >= 0.3 is 29.6 Å². The van der Waals surface area contributed by atoms with Gasteiger partial charge < -0.3 is 9.90 Å². The third-order valence-electron chi connectivity index (χ3n) is 1.71. The van der Waals surface area contributed by atoms with Crippen LogP contribution in [0.3, 0.4) is 0 Å². The van der Waals surface area contributed by atoms with Crippen LogP contribution in [0.5, 0.6) is 0 Å². The van der Waals surface area contributed by atoms with E-state index in [1.165, 1.54) is 0 Å². The maximum atomic E-state index is 10.4. The SMILES string of the molecule is CCCC(C(=O)[O-])C(C)C.[Na+]. The molecule has 0 aromatic rings. The number of rotatable bonds is 4. The Balaban J connectivity index is 0. The van der Waals surface area contributed by atoms with Crippen LogP contribution in [-0.4, -0.2) is 5.97 Å². The summed E-state index contributed by atoms with van der Waals surface area (Å²) in [5.41, 5.74) is 0. The van der Waals surface area contributed by atoms with Gasteiger partial charge in [0.1, 0.15) is 0 Å². The van der Waals surface area contributed by atoms with Crippen LogP contribution in [0, 0.1) is 11.8 Å². The third kappa shape index (κ3) is 5.71. The van der Waals surface area contributed by atoms with E-state index in [1.807, 2.05) is 20.8 Å². The number of carboxylic acid groups (broad SMARTS) is 1. The first kappa shape index (κ1) is 14.0. The van der Waals surface area contributed by atoms with Crippen LogP contribution in [0.4, 0.5) is 0 Å². The van der Waals surface area contributed by atoms with Gasteiger partial charge in [0.2, 0.25) is 0 Å². The minimum absolute atomic E-state index is 0. The molecule has 0 aliphatic rings. The van der Waals surface area contributed by atoms with Gasteiger partial charge in [-0.2, -0.15) is 0 Å². The first-order valence-corrected chi connectivity index (χ1v) is 3.80. The number of hydrogen-bond donors (Lipinski definition) is 0. The van der Waals surface area contributed by atoms with Crippen molar-refractivity contribution in [3.63, 3.8) is 0 Å². The Hall–Kier alpha value is 0.470. The summed E-state index contributed by atoms with van der Waals surface area (Å²) in [5.74, 6) is -0.966. The molecule has 0 aromatic heterocycles. The summed E-state index contributed by atoms with van der Waals surface area (Å²) in [4.78, 5) is 10.4. The molecule has 0 heterocycles. The maximum absolute atomic E-state index is 10.4. The molecule has 0 amide bonds. The number of carboxylic acids is 1. The van der Waals surface area contributed by atoms with E-state index >= 15 is 0 Å². The van der Waals surface area contributed by atoms with Crippen LogP contribution in [0.15, 0.2) is 0 Å². The van der Waals surface area contributed by atoms with Gasteiger partial charge in [0.25, 0.3) is 0 Å². The van der Waals surface area contributed by atoms with E-state index in [4.69, 9.17) is 0 Å². The summed E-state index contributed by atoms with van der Waals surface area (Å²) < 4.78 is 0. The topological polar surface area (TPSA) is 40.1 Å². The van der Waals surface area contributed by atoms with Crippen molar-refractivity contribution < 1.29 is 39.5 Å². The second kappa shape index (κ2) is 7.14. The third-order valence-corrected chi connectivity index (χ3v) is 1.71. The fraction of sp³-hybridized carbons (Fsp3) is 0.875. The summed E-state index contributed by atoms with van der Waals surface area (Å²) >= 11 is 0. The van der Waals surface area contributed by atoms with Crippen molar-refractivity contribution in [3.05, 3.63) is 0 Å². The van der Waals surface area contributed by atoms with Crippen molar-refractivity contribution in [2.45, 2.75) is 33.6 Å². The van der Waals surface area contributed by atoms with E-state index in [9.17, 15) is 9.90 Å². The van der Waals surface area contributed by atoms with Crippen LogP contribution in [0.2, 0.25) is 0 Å². The largest absolute Gasteiger partial charge is 1.00 e. The van der Waals surface area contributed by atoms with Gasteiger partial charge in [-0.3, -0.25) is 0 Å². The molecule has 0 saturated heterocycles. The number of hydrogen-bond acceptors (Lipinski definition) is 2. The Morgan fingerprint density at radius 3 is 2.00 bits per heavy atom. The molecule has 0 saturated carbocycles. The van der Waals surface area contributed by atoms with Gasteiger partial charge in [-0.25, -0.2) is 0 Å². The zero-order chi connectivity index (χ0) is 8.15. The molecular weight excluding hydrogens is 151 g/mol. The minimum Gasteiger partial charge on any atom is -0.550 e. The molecule has 1 atom stereocenters. The summed E-state index contributed by atoms with van der Waals surface area (Å²) in [6.07, 6.45) is 1.65. The Labute approximate surface area is 90.7 Å². The van der Waals surface area contributed by atoms with Gasteiger partial charge in [0.15, 0.2) is 0 Å². The van der Waals surface area contributed by atoms with E-state index in [0.717, 1.165) is 12.8 Å². The van der Waals surface area contributed by atoms with Gasteiger partial charge in [-0.1, -0.05) is 27.2 Å². The number of aliphatic carboxylic acids is 1. The Kier molecular flexibility index (Phi) is 9.10. The van der Waals surface area contributed by atoms with Crippen molar-refractivity contribution in [1.29, 1.82) is 0 Å². The van der Waals surface area contributed by atoms with E-state index in [0.29, 0.717) is 0 Å². The predicted octanol–water partition coefficient (Wildman–Crippen LogP) is -2.19. The normalized spacial score (nSPS) is 12.4. The van der Waals surface area contributed by atoms with Crippen molar-refractivity contribution in [2.75, 3.05) is 0 Å². The summed E-state index contributed by atoms with van der Waals surface area (Å²) in [5, 5.41) is 10.4. The molecule has 0 radical (unpaired) electrons. The van der Waals surface area contributed by atoms with Gasteiger partial charge in [0, 0.05) is 11.9 Å². The van der Waals surface area contributed by atoms with E-state index in [1.54, 1.807) is 0 Å². The molecule has 0 aromatic carbocycles. The molecule has 0 aliphatic carbocycles. The second-order valence-corrected chi connectivity index (χ2v) is 2.96. The zero-order valence-electron chi connectivity index (χ0n) is 7.89. The molecule has 11 heavy (non-hydrogen) atoms. The zero-order valence-corrected chi connectivity index (χ0v) is 9.89. The van der Waals surface area contributed by atoms with Crippen LogP contribution in [-0.2, 0) is 4.79 Å². The van der Waals surface area contributed by atoms with Crippen LogP contribution in [0.1, 0.15) is 33.6 Å². The average molecular weight is 166 g/mol. The monoisotopic (exact) mass is 166 g/mol. The maximum Gasteiger partial charge on any atom is 1.00 e. The number of carbonyl (C=O) groups excluding carboxylic acids is 1. The average Bonchev–Trinajstić information content (AvgIpc) is 1.81. The first-order chi connectivity index (χ1) is 4.59. The molecule has 0 fully saturated rings. The van der Waals surface area contributed by atoms with E-state index < -0.39 is 5.97 Å². The van der Waals surface area contributed by atoms with Crippen molar-refractivity contribution in [1.82, 2.24) is 0 Å². The first-order valence-electron chi connectivity index (χ1n) is 3.80. The predicted molar refractivity (Wildman–Crippen MR) is 38.2 cm³/mol. The molecule has 0 bridgehead atoms. The molecule has 3 heteroatoms. The molecule has 1 unspecified atom stereocenters. The van der Waals surface area contributed by atoms with Crippen LogP contribution >= 0.6 is 0 Å². The fourth-order valence-electron chi connectivity index (χ4n) is 1.03. The molecule has 0 rings (SSSR count). The smallest absolute Gasteiger partial charge is 0.550 e. The fourth-order valence-corrected chi connectivity index (χ4v) is 1.03. The summed E-state index contributed by atoms with van der Waals surface area (Å²) in [7, 11) is 0. The molecular formula is C8H15NaO2. The van der Waals surface area contributed by atoms with Gasteiger partial charge in [-0.05, 0) is 12.3 Å². The molecule has 0 aliphatic heterocycles. The van der Waals surface area contributed by atoms with E-state index in [2.05, 4.69) is 0 Å². The molecule has 0 N–H and O–H groups in total. The second-order valence-electron chi connectivity index (χ2n) is 2.96. The minimum atomic E-state index is -0.906. The standard InChI is InChI=1S/C8H16O2.Na/c1-4-5-7(6(2)3)8(9)10;/h6-7H,4-5H2,1-3H3,(H,9,10);/q;+1/p-1. The van der Waals surface area contributed by atoms with Crippen molar-refractivity contribution in [2.24, 2.45) is 11.8 Å². The Morgan fingerprint density at radius 1 is 1.45 bits per heavy atom. The van der Waals surface area contributed by atoms with Crippen LogP contribution in [0.25, 0.3) is 0 Å². The Morgan fingerprint density at radius 2 is 1.91 bits per heavy atom. The summed E-state index contributed by atoms with van der Waals surface area (Å²) in [6, 6.07) is 0.